The molecule has 1 amide bonds. The van der Waals surface area contributed by atoms with Gasteiger partial charge in [0.05, 0.1) is 16.3 Å². The number of ether oxygens (including phenoxy) is 1. The topological polar surface area (TPSA) is 72.6 Å². The van der Waals surface area contributed by atoms with Crippen LogP contribution in [-0.2, 0) is 9.53 Å². The summed E-state index contributed by atoms with van der Waals surface area (Å²) < 4.78 is 5.03. The Balaban J connectivity index is 2.83. The van der Waals surface area contributed by atoms with Crippen LogP contribution in [0.1, 0.15) is 17.3 Å². The van der Waals surface area contributed by atoms with E-state index in [2.05, 4.69) is 0 Å². The van der Waals surface area contributed by atoms with Crippen molar-refractivity contribution in [3.05, 3.63) is 28.8 Å². The molecule has 6 heteroatoms. The van der Waals surface area contributed by atoms with Gasteiger partial charge in [-0.1, -0.05) is 17.7 Å². The van der Waals surface area contributed by atoms with Gasteiger partial charge in [-0.25, -0.2) is 4.79 Å². The van der Waals surface area contributed by atoms with Gasteiger partial charge in [-0.2, -0.15) is 0 Å². The van der Waals surface area contributed by atoms with Crippen LogP contribution in [0.25, 0.3) is 0 Å². The smallest absolute Gasteiger partial charge is 0.341 e. The van der Waals surface area contributed by atoms with Crippen molar-refractivity contribution in [2.45, 2.75) is 13.0 Å². The fourth-order valence-corrected chi connectivity index (χ4v) is 1.53. The number of nitrogens with two attached hydrogens (primary N) is 1. The van der Waals surface area contributed by atoms with E-state index in [1.807, 2.05) is 0 Å². The van der Waals surface area contributed by atoms with E-state index in [4.69, 9.17) is 22.1 Å². The average Bonchev–Trinajstić information content (AvgIpc) is 2.31. The predicted octanol–water partition coefficient (Wildman–Crippen LogP) is 1.56. The van der Waals surface area contributed by atoms with E-state index in [1.54, 1.807) is 26.2 Å². The zero-order valence-electron chi connectivity index (χ0n) is 10.4. The summed E-state index contributed by atoms with van der Waals surface area (Å²) >= 11 is 5.80. The van der Waals surface area contributed by atoms with Gasteiger partial charge in [0.1, 0.15) is 0 Å². The van der Waals surface area contributed by atoms with Gasteiger partial charge in [0, 0.05) is 14.1 Å². The number of hydrogen-bond donors (Lipinski definition) is 1. The number of hydrogen-bond acceptors (Lipinski definition) is 4. The summed E-state index contributed by atoms with van der Waals surface area (Å²) in [6.45, 7) is 1.50. The Labute approximate surface area is 110 Å². The molecule has 2 N–H and O–H groups in total. The molecule has 0 saturated carbocycles. The van der Waals surface area contributed by atoms with E-state index >= 15 is 0 Å². The van der Waals surface area contributed by atoms with Crippen LogP contribution in [-0.4, -0.2) is 37.0 Å². The number of nitrogen functional groups attached to an aromatic ring is 1. The minimum Gasteiger partial charge on any atom is -0.449 e. The lowest BCUT2D eigenvalue weighted by Gasteiger charge is -2.17. The molecule has 0 fully saturated rings. The highest BCUT2D eigenvalue weighted by Gasteiger charge is 2.21. The number of likely N-dealkylation sites (N-methyl/N-ethyl adjacent to an activating group) is 1. The minimum absolute atomic E-state index is 0.147. The zero-order valence-corrected chi connectivity index (χ0v) is 11.2. The standard InChI is InChI=1S/C12H15ClN2O3/c1-7(11(16)15(2)3)18-12(17)8-5-4-6-9(13)10(8)14/h4-7H,14H2,1-3H3. The lowest BCUT2D eigenvalue weighted by Crippen LogP contribution is -2.35. The van der Waals surface area contributed by atoms with Crippen LogP contribution in [0.15, 0.2) is 18.2 Å². The van der Waals surface area contributed by atoms with Crippen molar-refractivity contribution < 1.29 is 14.3 Å². The first-order valence-corrected chi connectivity index (χ1v) is 5.68. The van der Waals surface area contributed by atoms with Gasteiger partial charge < -0.3 is 15.4 Å². The van der Waals surface area contributed by atoms with Crippen molar-refractivity contribution in [1.29, 1.82) is 0 Å². The molecule has 1 aromatic carbocycles. The summed E-state index contributed by atoms with van der Waals surface area (Å²) in [7, 11) is 3.17. The van der Waals surface area contributed by atoms with Crippen LogP contribution in [0.3, 0.4) is 0 Å². The molecule has 0 radical (unpaired) electrons. The number of amides is 1. The Morgan fingerprint density at radius 3 is 2.56 bits per heavy atom. The molecule has 1 aromatic rings. The first kappa shape index (κ1) is 14.3. The molecule has 0 spiro atoms. The second-order valence-corrected chi connectivity index (χ2v) is 4.39. The van der Waals surface area contributed by atoms with Crippen LogP contribution in [0.2, 0.25) is 5.02 Å². The van der Waals surface area contributed by atoms with E-state index in [0.717, 1.165) is 0 Å². The molecule has 0 aliphatic rings. The third-order valence-electron chi connectivity index (χ3n) is 2.35. The molecule has 0 saturated heterocycles. The van der Waals surface area contributed by atoms with Gasteiger partial charge in [-0.3, -0.25) is 4.79 Å². The SMILES string of the molecule is CC(OC(=O)c1cccc(Cl)c1N)C(=O)N(C)C. The van der Waals surface area contributed by atoms with Crippen LogP contribution in [0.5, 0.6) is 0 Å². The third-order valence-corrected chi connectivity index (χ3v) is 2.67. The van der Waals surface area contributed by atoms with E-state index in [9.17, 15) is 9.59 Å². The number of para-hydroxylation sites is 1. The van der Waals surface area contributed by atoms with Gasteiger partial charge in [0.25, 0.3) is 5.91 Å². The Kier molecular flexibility index (Phi) is 4.55. The molecule has 1 unspecified atom stereocenters. The predicted molar refractivity (Wildman–Crippen MR) is 69.4 cm³/mol. The van der Waals surface area contributed by atoms with Gasteiger partial charge in [0.2, 0.25) is 0 Å². The van der Waals surface area contributed by atoms with Crippen molar-refractivity contribution in [2.24, 2.45) is 0 Å². The number of rotatable bonds is 3. The number of nitrogens with zero attached hydrogens (tertiary/aromatic N) is 1. The molecule has 0 aliphatic carbocycles. The number of carbonyl (C=O) groups excluding carboxylic acids is 2. The maximum atomic E-state index is 11.8. The summed E-state index contributed by atoms with van der Waals surface area (Å²) in [6.07, 6.45) is -0.870. The Bertz CT molecular complexity index is 474. The van der Waals surface area contributed by atoms with Gasteiger partial charge in [-0.15, -0.1) is 0 Å². The number of anilines is 1. The molecule has 5 nitrogen and oxygen atoms in total. The molecule has 1 rings (SSSR count). The van der Waals surface area contributed by atoms with Crippen molar-refractivity contribution in [3.8, 4) is 0 Å². The Hall–Kier alpha value is -1.75. The van der Waals surface area contributed by atoms with E-state index in [0.29, 0.717) is 0 Å². The van der Waals surface area contributed by atoms with Crippen molar-refractivity contribution in [1.82, 2.24) is 4.90 Å². The summed E-state index contributed by atoms with van der Waals surface area (Å²) in [5, 5.41) is 0.274. The van der Waals surface area contributed by atoms with Gasteiger partial charge in [-0.05, 0) is 19.1 Å². The largest absolute Gasteiger partial charge is 0.449 e. The maximum absolute atomic E-state index is 11.8. The molecule has 0 aromatic heterocycles. The van der Waals surface area contributed by atoms with Crippen molar-refractivity contribution >= 4 is 29.2 Å². The minimum atomic E-state index is -0.870. The van der Waals surface area contributed by atoms with Crippen LogP contribution < -0.4 is 5.73 Å². The van der Waals surface area contributed by atoms with E-state index in [-0.39, 0.29) is 22.2 Å². The highest BCUT2D eigenvalue weighted by molar-refractivity contribution is 6.33. The molecule has 18 heavy (non-hydrogen) atoms. The second kappa shape index (κ2) is 5.73. The molecule has 98 valence electrons. The Morgan fingerprint density at radius 2 is 2.00 bits per heavy atom. The van der Waals surface area contributed by atoms with Gasteiger partial charge in [0.15, 0.2) is 6.10 Å². The van der Waals surface area contributed by atoms with Gasteiger partial charge >= 0.3 is 5.97 Å². The Morgan fingerprint density at radius 1 is 1.39 bits per heavy atom. The second-order valence-electron chi connectivity index (χ2n) is 3.98. The van der Waals surface area contributed by atoms with Crippen LogP contribution in [0.4, 0.5) is 5.69 Å². The van der Waals surface area contributed by atoms with Crippen LogP contribution in [0, 0.1) is 0 Å². The molecule has 0 heterocycles. The fourth-order valence-electron chi connectivity index (χ4n) is 1.35. The highest BCUT2D eigenvalue weighted by atomic mass is 35.5. The lowest BCUT2D eigenvalue weighted by molar-refractivity contribution is -0.137. The lowest BCUT2D eigenvalue weighted by atomic mass is 10.2. The highest BCUT2D eigenvalue weighted by Crippen LogP contribution is 2.23. The molecular weight excluding hydrogens is 256 g/mol. The first-order valence-electron chi connectivity index (χ1n) is 5.30. The summed E-state index contributed by atoms with van der Waals surface area (Å²) in [6, 6.07) is 4.66. The summed E-state index contributed by atoms with van der Waals surface area (Å²) in [4.78, 5) is 24.7. The zero-order chi connectivity index (χ0) is 13.9. The van der Waals surface area contributed by atoms with Crippen molar-refractivity contribution in [3.63, 3.8) is 0 Å². The first-order chi connectivity index (χ1) is 8.34. The molecular formula is C12H15ClN2O3. The number of esters is 1. The molecule has 0 bridgehead atoms. The molecule has 1 atom stereocenters. The maximum Gasteiger partial charge on any atom is 0.341 e. The normalized spacial score (nSPS) is 11.8. The number of benzene rings is 1. The van der Waals surface area contributed by atoms with Crippen molar-refractivity contribution in [2.75, 3.05) is 19.8 Å². The monoisotopic (exact) mass is 270 g/mol. The third kappa shape index (κ3) is 3.13. The van der Waals surface area contributed by atoms with E-state index < -0.39 is 12.1 Å². The summed E-state index contributed by atoms with van der Waals surface area (Å²) in [5.41, 5.74) is 5.97. The number of carbonyl (C=O) groups is 2. The quantitative estimate of drug-likeness (QED) is 0.668. The molecule has 0 aliphatic heterocycles. The van der Waals surface area contributed by atoms with E-state index in [1.165, 1.54) is 17.9 Å². The summed E-state index contributed by atoms with van der Waals surface area (Å²) in [5.74, 6) is -0.971. The number of halogens is 1. The van der Waals surface area contributed by atoms with Crippen LogP contribution >= 0.6 is 11.6 Å². The average molecular weight is 271 g/mol. The fraction of sp³-hybridized carbons (Fsp3) is 0.333.